The van der Waals surface area contributed by atoms with Gasteiger partial charge in [0.25, 0.3) is 0 Å². The maximum absolute atomic E-state index is 8.85. The van der Waals surface area contributed by atoms with Crippen LogP contribution in [0.15, 0.2) is 42.5 Å². The van der Waals surface area contributed by atoms with Crippen molar-refractivity contribution < 1.29 is 4.74 Å². The molecule has 0 fully saturated rings. The van der Waals surface area contributed by atoms with Gasteiger partial charge in [0.05, 0.1) is 23.0 Å². The van der Waals surface area contributed by atoms with Crippen molar-refractivity contribution in [3.05, 3.63) is 53.7 Å². The van der Waals surface area contributed by atoms with E-state index in [-0.39, 0.29) is 0 Å². The van der Waals surface area contributed by atoms with Crippen molar-refractivity contribution in [1.82, 2.24) is 10.2 Å². The molecule has 5 heteroatoms. The molecule has 21 heavy (non-hydrogen) atoms. The Labute approximate surface area is 121 Å². The lowest BCUT2D eigenvalue weighted by molar-refractivity contribution is 0.463. The Morgan fingerprint density at radius 3 is 2.57 bits per heavy atom. The first-order chi connectivity index (χ1) is 10.2. The molecule has 0 saturated heterocycles. The molecule has 0 saturated carbocycles. The molecule has 0 amide bonds. The average Bonchev–Trinajstić information content (AvgIpc) is 2.52. The van der Waals surface area contributed by atoms with Crippen LogP contribution in [0, 0.1) is 18.3 Å². The van der Waals surface area contributed by atoms with Gasteiger partial charge in [0, 0.05) is 10.8 Å². The van der Waals surface area contributed by atoms with Gasteiger partial charge in [-0.25, -0.2) is 0 Å². The molecule has 102 valence electrons. The summed E-state index contributed by atoms with van der Waals surface area (Å²) in [5.41, 5.74) is 7.61. The molecule has 0 aliphatic heterocycles. The van der Waals surface area contributed by atoms with Crippen LogP contribution >= 0.6 is 0 Å². The number of rotatable bonds is 2. The van der Waals surface area contributed by atoms with E-state index in [1.807, 2.05) is 37.3 Å². The van der Waals surface area contributed by atoms with E-state index in [0.717, 1.165) is 16.5 Å². The highest BCUT2D eigenvalue weighted by Gasteiger charge is 2.10. The van der Waals surface area contributed by atoms with Crippen LogP contribution in [0.4, 0.5) is 5.69 Å². The summed E-state index contributed by atoms with van der Waals surface area (Å²) in [6.07, 6.45) is 0. The van der Waals surface area contributed by atoms with E-state index in [2.05, 4.69) is 10.2 Å². The minimum absolute atomic E-state index is 0.389. The van der Waals surface area contributed by atoms with Crippen LogP contribution < -0.4 is 10.5 Å². The number of ether oxygens (including phenoxy) is 1. The molecule has 3 aromatic rings. The van der Waals surface area contributed by atoms with E-state index in [1.165, 1.54) is 0 Å². The summed E-state index contributed by atoms with van der Waals surface area (Å²) < 4.78 is 5.77. The van der Waals surface area contributed by atoms with Gasteiger partial charge < -0.3 is 10.5 Å². The Morgan fingerprint density at radius 1 is 1.10 bits per heavy atom. The quantitative estimate of drug-likeness (QED) is 0.726. The van der Waals surface area contributed by atoms with Gasteiger partial charge in [-0.15, -0.1) is 5.10 Å². The number of nitrogens with two attached hydrogens (primary N) is 1. The molecule has 0 spiro atoms. The zero-order valence-electron chi connectivity index (χ0n) is 11.4. The molecule has 0 radical (unpaired) electrons. The van der Waals surface area contributed by atoms with Crippen LogP contribution in [0.3, 0.4) is 0 Å². The predicted octanol–water partition coefficient (Wildman–Crippen LogP) is 3.18. The molecule has 2 N–H and O–H groups in total. The summed E-state index contributed by atoms with van der Waals surface area (Å²) in [7, 11) is 0. The minimum Gasteiger partial charge on any atom is -0.435 e. The number of nitriles is 1. The Morgan fingerprint density at radius 2 is 1.86 bits per heavy atom. The second kappa shape index (κ2) is 5.10. The fraction of sp³-hybridized carbons (Fsp3) is 0.0625. The van der Waals surface area contributed by atoms with Gasteiger partial charge in [-0.1, -0.05) is 18.2 Å². The van der Waals surface area contributed by atoms with Crippen LogP contribution in [0.25, 0.3) is 10.8 Å². The number of nitrogens with zero attached hydrogens (tertiary/aromatic N) is 3. The van der Waals surface area contributed by atoms with Crippen molar-refractivity contribution in [2.45, 2.75) is 6.92 Å². The fourth-order valence-corrected chi connectivity index (χ4v) is 2.10. The third-order valence-corrected chi connectivity index (χ3v) is 3.18. The van der Waals surface area contributed by atoms with Gasteiger partial charge in [0.15, 0.2) is 5.75 Å². The lowest BCUT2D eigenvalue weighted by atomic mass is 10.1. The molecular formula is C16H12N4O. The van der Waals surface area contributed by atoms with Gasteiger partial charge in [-0.05, 0) is 31.2 Å². The number of aryl methyl sites for hydroxylation is 1. The summed E-state index contributed by atoms with van der Waals surface area (Å²) in [5, 5.41) is 18.9. The molecular weight excluding hydrogens is 264 g/mol. The summed E-state index contributed by atoms with van der Waals surface area (Å²) in [6.45, 7) is 1.90. The van der Waals surface area contributed by atoms with Crippen molar-refractivity contribution in [2.24, 2.45) is 0 Å². The van der Waals surface area contributed by atoms with Crippen molar-refractivity contribution in [3.8, 4) is 17.7 Å². The Balaban J connectivity index is 2.07. The minimum atomic E-state index is 0.389. The molecule has 0 bridgehead atoms. The number of hydrogen-bond donors (Lipinski definition) is 1. The third-order valence-electron chi connectivity index (χ3n) is 3.18. The number of aromatic nitrogens is 2. The van der Waals surface area contributed by atoms with Gasteiger partial charge in [0.2, 0.25) is 5.88 Å². The first-order valence-electron chi connectivity index (χ1n) is 6.38. The highest BCUT2D eigenvalue weighted by molar-refractivity contribution is 5.88. The van der Waals surface area contributed by atoms with E-state index in [1.54, 1.807) is 18.2 Å². The first kappa shape index (κ1) is 12.9. The molecule has 2 aromatic carbocycles. The summed E-state index contributed by atoms with van der Waals surface area (Å²) in [4.78, 5) is 0. The number of benzene rings is 2. The Bertz CT molecular complexity index is 868. The van der Waals surface area contributed by atoms with Crippen LogP contribution in [0.5, 0.6) is 11.6 Å². The molecule has 3 rings (SSSR count). The molecule has 1 heterocycles. The largest absolute Gasteiger partial charge is 0.435 e. The smallest absolute Gasteiger partial charge is 0.246 e. The van der Waals surface area contributed by atoms with Crippen LogP contribution in [0.1, 0.15) is 11.3 Å². The van der Waals surface area contributed by atoms with Crippen molar-refractivity contribution >= 4 is 16.5 Å². The van der Waals surface area contributed by atoms with E-state index < -0.39 is 0 Å². The predicted molar refractivity (Wildman–Crippen MR) is 79.9 cm³/mol. The van der Waals surface area contributed by atoms with Crippen molar-refractivity contribution in [1.29, 1.82) is 5.26 Å². The standard InChI is InChI=1S/C16H12N4O/c1-10-12-4-2-3-5-13(12)16(20-19-10)21-15-7-6-11(9-17)8-14(15)18/h2-8H,18H2,1H3. The molecule has 5 nitrogen and oxygen atoms in total. The van der Waals surface area contributed by atoms with E-state index in [0.29, 0.717) is 22.9 Å². The average molecular weight is 276 g/mol. The fourth-order valence-electron chi connectivity index (χ4n) is 2.10. The summed E-state index contributed by atoms with van der Waals surface area (Å²) >= 11 is 0. The van der Waals surface area contributed by atoms with Crippen LogP contribution in [-0.4, -0.2) is 10.2 Å². The maximum atomic E-state index is 8.85. The van der Waals surface area contributed by atoms with Crippen molar-refractivity contribution in [3.63, 3.8) is 0 Å². The lowest BCUT2D eigenvalue weighted by Crippen LogP contribution is -1.98. The number of fused-ring (bicyclic) bond motifs is 1. The molecule has 0 aliphatic rings. The van der Waals surface area contributed by atoms with Crippen molar-refractivity contribution in [2.75, 3.05) is 5.73 Å². The number of hydrogen-bond acceptors (Lipinski definition) is 5. The highest BCUT2D eigenvalue weighted by Crippen LogP contribution is 2.31. The molecule has 0 unspecified atom stereocenters. The van der Waals surface area contributed by atoms with Gasteiger partial charge in [-0.2, -0.15) is 10.4 Å². The lowest BCUT2D eigenvalue weighted by Gasteiger charge is -2.10. The molecule has 0 aliphatic carbocycles. The zero-order chi connectivity index (χ0) is 14.8. The Kier molecular flexibility index (Phi) is 3.13. The second-order valence-electron chi connectivity index (χ2n) is 4.60. The van der Waals surface area contributed by atoms with Crippen LogP contribution in [-0.2, 0) is 0 Å². The Hall–Kier alpha value is -3.13. The first-order valence-corrected chi connectivity index (χ1v) is 6.38. The SMILES string of the molecule is Cc1nnc(Oc2ccc(C#N)cc2N)c2ccccc12. The number of nitrogen functional groups attached to an aromatic ring is 1. The van der Waals surface area contributed by atoms with E-state index in [4.69, 9.17) is 15.7 Å². The van der Waals surface area contributed by atoms with Gasteiger partial charge in [0.1, 0.15) is 0 Å². The summed E-state index contributed by atoms with van der Waals surface area (Å²) in [6, 6.07) is 14.7. The molecule has 1 aromatic heterocycles. The second-order valence-corrected chi connectivity index (χ2v) is 4.60. The summed E-state index contributed by atoms with van der Waals surface area (Å²) in [5.74, 6) is 0.852. The normalized spacial score (nSPS) is 10.3. The monoisotopic (exact) mass is 276 g/mol. The zero-order valence-corrected chi connectivity index (χ0v) is 11.4. The van der Waals surface area contributed by atoms with Gasteiger partial charge in [-0.3, -0.25) is 0 Å². The molecule has 0 atom stereocenters. The number of anilines is 1. The van der Waals surface area contributed by atoms with Gasteiger partial charge >= 0.3 is 0 Å². The highest BCUT2D eigenvalue weighted by atomic mass is 16.5. The van der Waals surface area contributed by atoms with E-state index in [9.17, 15) is 0 Å². The maximum Gasteiger partial charge on any atom is 0.246 e. The third kappa shape index (κ3) is 2.35. The topological polar surface area (TPSA) is 84.8 Å². The van der Waals surface area contributed by atoms with Crippen LogP contribution in [0.2, 0.25) is 0 Å². The van der Waals surface area contributed by atoms with E-state index >= 15 is 0 Å².